The quantitative estimate of drug-likeness (QED) is 0.370. The molecule has 128 valence electrons. The van der Waals surface area contributed by atoms with Crippen molar-refractivity contribution >= 4 is 17.4 Å². The van der Waals surface area contributed by atoms with Gasteiger partial charge in [-0.3, -0.25) is 0 Å². The average Bonchev–Trinajstić information content (AvgIpc) is 2.87. The van der Waals surface area contributed by atoms with E-state index in [1.807, 2.05) is 0 Å². The Morgan fingerprint density at radius 3 is 1.33 bits per heavy atom. The van der Waals surface area contributed by atoms with Crippen molar-refractivity contribution in [2.45, 2.75) is 66.6 Å². The zero-order valence-corrected chi connectivity index (χ0v) is 16.3. The van der Waals surface area contributed by atoms with Gasteiger partial charge in [0.2, 0.25) is 0 Å². The van der Waals surface area contributed by atoms with E-state index in [1.54, 1.807) is 0 Å². The highest BCUT2D eigenvalue weighted by Gasteiger charge is 2.55. The monoisotopic (exact) mass is 346 g/mol. The van der Waals surface area contributed by atoms with Gasteiger partial charge in [-0.25, -0.2) is 0 Å². The van der Waals surface area contributed by atoms with E-state index in [-0.39, 0.29) is 17.4 Å². The Balaban J connectivity index is -0.000000234. The highest BCUT2D eigenvalue weighted by molar-refractivity contribution is 8.20. The molecule has 1 saturated heterocycles. The van der Waals surface area contributed by atoms with E-state index in [0.717, 1.165) is 0 Å². The molecule has 0 aliphatic carbocycles. The van der Waals surface area contributed by atoms with E-state index >= 15 is 0 Å². The number of allylic oxidation sites excluding steroid dienone is 2. The van der Waals surface area contributed by atoms with E-state index in [4.69, 9.17) is 16.0 Å². The third-order valence-electron chi connectivity index (χ3n) is 3.20. The van der Waals surface area contributed by atoms with Gasteiger partial charge in [0.15, 0.2) is 10.5 Å². The van der Waals surface area contributed by atoms with Gasteiger partial charge in [0.05, 0.1) is 11.2 Å². The smallest absolute Gasteiger partial charge is 0.151 e. The van der Waals surface area contributed by atoms with Crippen molar-refractivity contribution in [3.05, 3.63) is 21.1 Å². The Bertz CT molecular complexity index is 364. The Morgan fingerprint density at radius 1 is 1.10 bits per heavy atom. The van der Waals surface area contributed by atoms with Crippen molar-refractivity contribution in [1.29, 1.82) is 0 Å². The summed E-state index contributed by atoms with van der Waals surface area (Å²) in [5.74, 6) is 0. The second-order valence-electron chi connectivity index (χ2n) is 5.87. The van der Waals surface area contributed by atoms with Crippen molar-refractivity contribution in [1.82, 2.24) is 0 Å². The van der Waals surface area contributed by atoms with Crippen molar-refractivity contribution in [3.63, 3.8) is 0 Å². The Labute approximate surface area is 133 Å². The van der Waals surface area contributed by atoms with Crippen molar-refractivity contribution in [2.75, 3.05) is 12.9 Å². The van der Waals surface area contributed by atoms with Crippen LogP contribution in [-0.2, 0) is 15.2 Å². The third kappa shape index (κ3) is 14.5. The molecule has 2 atom stereocenters. The lowest BCUT2D eigenvalue weighted by Crippen LogP contribution is -2.10. The lowest BCUT2D eigenvalue weighted by Gasteiger charge is -1.95. The summed E-state index contributed by atoms with van der Waals surface area (Å²) < 4.78 is 23.5. The van der Waals surface area contributed by atoms with Gasteiger partial charge in [0, 0.05) is 17.5 Å². The minimum absolute atomic E-state index is 0.146. The predicted octanol–water partition coefficient (Wildman–Crippen LogP) is 4.42. The van der Waals surface area contributed by atoms with Crippen molar-refractivity contribution in [3.8, 4) is 0 Å². The summed E-state index contributed by atoms with van der Waals surface area (Å²) in [6.07, 6.45) is -0.355. The van der Waals surface area contributed by atoms with E-state index in [1.165, 1.54) is 17.8 Å². The van der Waals surface area contributed by atoms with E-state index in [2.05, 4.69) is 55.4 Å². The van der Waals surface area contributed by atoms with Gasteiger partial charge in [-0.2, -0.15) is 0 Å². The molecule has 1 aliphatic heterocycles. The van der Waals surface area contributed by atoms with Crippen LogP contribution >= 0.6 is 6.92 Å². The molecule has 21 heavy (non-hydrogen) atoms. The average molecular weight is 346 g/mol. The molecule has 0 radical (unpaired) electrons. The summed E-state index contributed by atoms with van der Waals surface area (Å²) in [6.45, 7) is 16.5. The molecule has 0 aromatic rings. The van der Waals surface area contributed by atoms with Crippen molar-refractivity contribution in [2.24, 2.45) is 0 Å². The van der Waals surface area contributed by atoms with Crippen LogP contribution in [0, 0.1) is 9.93 Å². The fourth-order valence-electron chi connectivity index (χ4n) is 0.612. The van der Waals surface area contributed by atoms with E-state index in [0.29, 0.717) is 0 Å². The predicted molar refractivity (Wildman–Crippen MR) is 92.9 cm³/mol. The van der Waals surface area contributed by atoms with Crippen LogP contribution in [0.4, 0.5) is 3.89 Å². The van der Waals surface area contributed by atoms with Gasteiger partial charge in [-0.05, 0) is 55.4 Å². The highest BCUT2D eigenvalue weighted by Crippen LogP contribution is 2.46. The normalized spacial score (nSPS) is 18.8. The van der Waals surface area contributed by atoms with Crippen molar-refractivity contribution < 1.29 is 14.9 Å². The van der Waals surface area contributed by atoms with Gasteiger partial charge in [0.1, 0.15) is 13.6 Å². The molecule has 2 unspecified atom stereocenters. The number of hydrogen-bond donors (Lipinski definition) is 0. The second-order valence-corrected chi connectivity index (χ2v) is 10.1. The molecule has 7 heteroatoms. The zero-order valence-electron chi connectivity index (χ0n) is 15.6. The van der Waals surface area contributed by atoms with Crippen LogP contribution in [0.5, 0.6) is 0 Å². The van der Waals surface area contributed by atoms with E-state index in [9.17, 15) is 8.78 Å². The Hall–Kier alpha value is -0.160. The fraction of sp³-hybridized carbons (Fsp3) is 0.857. The molecule has 1 aliphatic rings. The van der Waals surface area contributed by atoms with Crippen LogP contribution in [0.1, 0.15) is 56.8 Å². The summed E-state index contributed by atoms with van der Waals surface area (Å²) >= 11 is 0. The van der Waals surface area contributed by atoms with E-state index < -0.39 is 17.4 Å². The van der Waals surface area contributed by atoms with Crippen LogP contribution in [0.2, 0.25) is 0 Å². The summed E-state index contributed by atoms with van der Waals surface area (Å²) in [5.41, 5.74) is 3.14. The molecule has 1 fully saturated rings. The SMILES string of the molecule is CC(C)=C(C)C.CC1(C)OC1(C)C.O=O.[3H]CS(F)=[P+](C)[O-]. The van der Waals surface area contributed by atoms with Crippen LogP contribution in [-0.4, -0.2) is 24.1 Å². The van der Waals surface area contributed by atoms with Gasteiger partial charge in [-0.15, -0.1) is 3.89 Å². The first-order valence-electron chi connectivity index (χ1n) is 7.04. The minimum atomic E-state index is -1.74. The number of rotatable bonds is 0. The largest absolute Gasteiger partial charge is 0.623 e. The lowest BCUT2D eigenvalue weighted by molar-refractivity contribution is -0.150. The summed E-state index contributed by atoms with van der Waals surface area (Å²) in [5, 5.41) is 0. The molecule has 0 bridgehead atoms. The van der Waals surface area contributed by atoms with Gasteiger partial charge in [0.25, 0.3) is 0 Å². The van der Waals surface area contributed by atoms with Crippen LogP contribution < -0.4 is 4.89 Å². The highest BCUT2D eigenvalue weighted by atomic mass is 32.5. The zero-order chi connectivity index (χ0) is 18.7. The summed E-state index contributed by atoms with van der Waals surface area (Å²) in [4.78, 5) is 24.0. The van der Waals surface area contributed by atoms with Crippen LogP contribution in [0.15, 0.2) is 11.1 Å². The Morgan fingerprint density at radius 2 is 1.33 bits per heavy atom. The number of hydrogen-bond acceptors (Lipinski definition) is 4. The maximum absolute atomic E-state index is 11.8. The summed E-state index contributed by atoms with van der Waals surface area (Å²) in [7, 11) is -1.65. The number of halogens is 1. The third-order valence-corrected chi connectivity index (χ3v) is 5.43. The number of ether oxygens (including phenoxy) is 1. The molecule has 0 aromatic heterocycles. The second kappa shape index (κ2) is 11.4. The minimum Gasteiger partial charge on any atom is -0.623 e. The Kier molecular flexibility index (Phi) is 12.6. The maximum Gasteiger partial charge on any atom is 0.151 e. The van der Waals surface area contributed by atoms with Crippen LogP contribution in [0.3, 0.4) is 0 Å². The first-order valence-corrected chi connectivity index (χ1v) is 9.94. The molecular weight excluding hydrogens is 314 g/mol. The first-order chi connectivity index (χ1) is 9.78. The van der Waals surface area contributed by atoms with Gasteiger partial charge < -0.3 is 9.63 Å². The van der Waals surface area contributed by atoms with Crippen LogP contribution in [0.25, 0.3) is 0 Å². The van der Waals surface area contributed by atoms with Gasteiger partial charge >= 0.3 is 0 Å². The maximum atomic E-state index is 11.8. The molecular formula is C14H30FO4PS. The standard InChI is InChI=1S/C6H12O.C6H12.C2H6FOPS.O2/c1-5(2)6(3,4)7-5;1-5(2)6(3)4;1-5(4)6(2)3;1-2/h1-4H3;1-4H3;1-2H3;/i;;2T;. The molecule has 1 rings (SSSR count). The van der Waals surface area contributed by atoms with Gasteiger partial charge in [-0.1, -0.05) is 11.1 Å². The lowest BCUT2D eigenvalue weighted by atomic mass is 10.0. The molecule has 0 saturated carbocycles. The fourth-order valence-corrected chi connectivity index (χ4v) is 0.612. The number of epoxide rings is 1. The molecule has 0 amide bonds. The first kappa shape index (κ1) is 23.1. The molecule has 0 spiro atoms. The molecule has 0 aromatic carbocycles. The molecule has 4 nitrogen and oxygen atoms in total. The molecule has 0 N–H and O–H groups in total. The molecule has 1 heterocycles. The summed E-state index contributed by atoms with van der Waals surface area (Å²) in [6, 6.07) is 0. The topological polar surface area (TPSA) is 69.7 Å².